The third-order valence-electron chi connectivity index (χ3n) is 4.07. The van der Waals surface area contributed by atoms with Gasteiger partial charge in [-0.3, -0.25) is 9.59 Å². The van der Waals surface area contributed by atoms with Gasteiger partial charge in [0.2, 0.25) is 5.91 Å². The van der Waals surface area contributed by atoms with Crippen LogP contribution in [0.3, 0.4) is 0 Å². The number of rotatable bonds is 6. The fourth-order valence-corrected chi connectivity index (χ4v) is 2.74. The second-order valence-corrected chi connectivity index (χ2v) is 6.81. The van der Waals surface area contributed by atoms with E-state index in [-0.39, 0.29) is 18.4 Å². The molecular formula is C23H27N3O2S. The summed E-state index contributed by atoms with van der Waals surface area (Å²) in [6.07, 6.45) is 0. The number of thiol groups is 1. The maximum atomic E-state index is 12.2. The minimum absolute atomic E-state index is 0.0890. The highest BCUT2D eigenvalue weighted by Gasteiger charge is 2.09. The second kappa shape index (κ2) is 11.9. The first-order valence-corrected chi connectivity index (χ1v) is 10.0. The predicted octanol–water partition coefficient (Wildman–Crippen LogP) is 4.11. The topological polar surface area (TPSA) is 70.2 Å². The van der Waals surface area contributed by atoms with Gasteiger partial charge in [0.05, 0.1) is 6.54 Å². The molecule has 0 unspecified atom stereocenters. The molecule has 0 aromatic heterocycles. The molecule has 3 N–H and O–H groups in total. The van der Waals surface area contributed by atoms with Gasteiger partial charge < -0.3 is 16.0 Å². The Morgan fingerprint density at radius 3 is 2.14 bits per heavy atom. The van der Waals surface area contributed by atoms with Crippen molar-refractivity contribution in [1.29, 1.82) is 0 Å². The summed E-state index contributed by atoms with van der Waals surface area (Å²) in [6, 6.07) is 20.3. The first kappa shape index (κ1) is 22.5. The molecule has 0 saturated carbocycles. The SMILES string of the molecule is CCNCC.O=C(CNC(=O)c1ccc2ccccc2c1)Nc1ccc(S)cc1. The van der Waals surface area contributed by atoms with Gasteiger partial charge in [0, 0.05) is 16.1 Å². The Bertz CT molecular complexity index is 940. The van der Waals surface area contributed by atoms with Gasteiger partial charge in [-0.1, -0.05) is 44.2 Å². The number of fused-ring (bicyclic) bond motifs is 1. The number of nitrogens with one attached hydrogen (secondary N) is 3. The van der Waals surface area contributed by atoms with E-state index in [1.807, 2.05) is 36.4 Å². The largest absolute Gasteiger partial charge is 0.343 e. The van der Waals surface area contributed by atoms with Crippen molar-refractivity contribution in [3.05, 3.63) is 72.3 Å². The zero-order chi connectivity index (χ0) is 21.1. The molecule has 0 heterocycles. The van der Waals surface area contributed by atoms with Crippen LogP contribution in [0.15, 0.2) is 71.6 Å². The number of amides is 2. The zero-order valence-corrected chi connectivity index (χ0v) is 17.6. The fraction of sp³-hybridized carbons (Fsp3) is 0.217. The molecule has 5 nitrogen and oxygen atoms in total. The van der Waals surface area contributed by atoms with Gasteiger partial charge in [-0.2, -0.15) is 0 Å². The van der Waals surface area contributed by atoms with E-state index in [1.54, 1.807) is 30.3 Å². The number of anilines is 1. The average Bonchev–Trinajstić information content (AvgIpc) is 2.74. The van der Waals surface area contributed by atoms with E-state index in [0.717, 1.165) is 28.8 Å². The van der Waals surface area contributed by atoms with Gasteiger partial charge in [-0.05, 0) is 60.3 Å². The molecule has 0 aliphatic carbocycles. The molecule has 3 aromatic carbocycles. The fourth-order valence-electron chi connectivity index (χ4n) is 2.59. The highest BCUT2D eigenvalue weighted by atomic mass is 32.1. The predicted molar refractivity (Wildman–Crippen MR) is 123 cm³/mol. The third-order valence-corrected chi connectivity index (χ3v) is 4.37. The summed E-state index contributed by atoms with van der Waals surface area (Å²) in [7, 11) is 0. The van der Waals surface area contributed by atoms with Crippen LogP contribution < -0.4 is 16.0 Å². The van der Waals surface area contributed by atoms with Crippen molar-refractivity contribution in [2.75, 3.05) is 25.0 Å². The number of benzene rings is 3. The van der Waals surface area contributed by atoms with Crippen molar-refractivity contribution in [2.24, 2.45) is 0 Å². The van der Waals surface area contributed by atoms with Gasteiger partial charge in [-0.25, -0.2) is 0 Å². The van der Waals surface area contributed by atoms with Crippen LogP contribution in [0.4, 0.5) is 5.69 Å². The molecule has 0 bridgehead atoms. The van der Waals surface area contributed by atoms with Crippen LogP contribution >= 0.6 is 12.6 Å². The van der Waals surface area contributed by atoms with E-state index in [1.165, 1.54) is 0 Å². The molecule has 29 heavy (non-hydrogen) atoms. The molecule has 0 saturated heterocycles. The highest BCUT2D eigenvalue weighted by molar-refractivity contribution is 7.80. The first-order valence-electron chi connectivity index (χ1n) is 9.60. The smallest absolute Gasteiger partial charge is 0.251 e. The summed E-state index contributed by atoms with van der Waals surface area (Å²) in [6.45, 7) is 6.30. The van der Waals surface area contributed by atoms with Crippen LogP contribution in [0.1, 0.15) is 24.2 Å². The standard InChI is InChI=1S/C19H16N2O2S.C4H11N/c22-18(21-16-7-9-17(24)10-8-16)12-20-19(23)15-6-5-13-3-1-2-4-14(13)11-15;1-3-5-4-2/h1-11,24H,12H2,(H,20,23)(H,21,22);5H,3-4H2,1-2H3. The van der Waals surface area contributed by atoms with Crippen molar-refractivity contribution in [2.45, 2.75) is 18.7 Å². The number of hydrogen-bond acceptors (Lipinski definition) is 4. The van der Waals surface area contributed by atoms with Crippen LogP contribution in [-0.4, -0.2) is 31.4 Å². The van der Waals surface area contributed by atoms with Gasteiger partial charge in [0.25, 0.3) is 5.91 Å². The molecule has 0 radical (unpaired) electrons. The van der Waals surface area contributed by atoms with Crippen LogP contribution in [0, 0.1) is 0 Å². The lowest BCUT2D eigenvalue weighted by molar-refractivity contribution is -0.115. The summed E-state index contributed by atoms with van der Waals surface area (Å²) in [5.74, 6) is -0.558. The zero-order valence-electron chi connectivity index (χ0n) is 16.7. The summed E-state index contributed by atoms with van der Waals surface area (Å²) in [4.78, 5) is 24.9. The van der Waals surface area contributed by atoms with E-state index >= 15 is 0 Å². The van der Waals surface area contributed by atoms with Crippen LogP contribution in [0.25, 0.3) is 10.8 Å². The average molecular weight is 410 g/mol. The molecular weight excluding hydrogens is 382 g/mol. The van der Waals surface area contributed by atoms with Crippen LogP contribution in [0.5, 0.6) is 0 Å². The molecule has 2 amide bonds. The quantitative estimate of drug-likeness (QED) is 0.463. The second-order valence-electron chi connectivity index (χ2n) is 6.30. The van der Waals surface area contributed by atoms with E-state index in [9.17, 15) is 9.59 Å². The van der Waals surface area contributed by atoms with E-state index in [4.69, 9.17) is 0 Å². The lowest BCUT2D eigenvalue weighted by Gasteiger charge is -2.08. The van der Waals surface area contributed by atoms with E-state index < -0.39 is 0 Å². The molecule has 0 spiro atoms. The molecule has 152 valence electrons. The molecule has 3 rings (SSSR count). The lowest BCUT2D eigenvalue weighted by atomic mass is 10.1. The van der Waals surface area contributed by atoms with Crippen molar-refractivity contribution in [3.8, 4) is 0 Å². The Kier molecular flexibility index (Phi) is 9.21. The summed E-state index contributed by atoms with van der Waals surface area (Å²) < 4.78 is 0. The van der Waals surface area contributed by atoms with Crippen molar-refractivity contribution in [3.63, 3.8) is 0 Å². The van der Waals surface area contributed by atoms with Gasteiger partial charge in [0.1, 0.15) is 0 Å². The Hall–Kier alpha value is -2.83. The summed E-state index contributed by atoms with van der Waals surface area (Å²) in [5.41, 5.74) is 1.19. The number of carbonyl (C=O) groups excluding carboxylic acids is 2. The molecule has 0 atom stereocenters. The lowest BCUT2D eigenvalue weighted by Crippen LogP contribution is -2.32. The molecule has 0 aliphatic rings. The minimum atomic E-state index is -0.281. The van der Waals surface area contributed by atoms with Gasteiger partial charge in [0.15, 0.2) is 0 Å². The van der Waals surface area contributed by atoms with Crippen molar-refractivity contribution >= 4 is 40.9 Å². The molecule has 0 fully saturated rings. The molecule has 6 heteroatoms. The monoisotopic (exact) mass is 409 g/mol. The van der Waals surface area contributed by atoms with Crippen LogP contribution in [-0.2, 0) is 4.79 Å². The van der Waals surface area contributed by atoms with E-state index in [0.29, 0.717) is 11.3 Å². The van der Waals surface area contributed by atoms with Crippen molar-refractivity contribution < 1.29 is 9.59 Å². The normalized spacial score (nSPS) is 10.0. The van der Waals surface area contributed by atoms with Gasteiger partial charge >= 0.3 is 0 Å². The number of hydrogen-bond donors (Lipinski definition) is 4. The van der Waals surface area contributed by atoms with E-state index in [2.05, 4.69) is 42.4 Å². The van der Waals surface area contributed by atoms with Gasteiger partial charge in [-0.15, -0.1) is 12.6 Å². The minimum Gasteiger partial charge on any atom is -0.343 e. The Labute approximate surface area is 177 Å². The Morgan fingerprint density at radius 1 is 0.862 bits per heavy atom. The maximum absolute atomic E-state index is 12.2. The van der Waals surface area contributed by atoms with Crippen LogP contribution in [0.2, 0.25) is 0 Å². The first-order chi connectivity index (χ1) is 14.0. The van der Waals surface area contributed by atoms with Crippen molar-refractivity contribution in [1.82, 2.24) is 10.6 Å². The highest BCUT2D eigenvalue weighted by Crippen LogP contribution is 2.15. The summed E-state index contributed by atoms with van der Waals surface area (Å²) in [5, 5.41) is 10.5. The molecule has 3 aromatic rings. The Balaban J connectivity index is 0.000000537. The molecule has 0 aliphatic heterocycles. The Morgan fingerprint density at radius 2 is 1.52 bits per heavy atom. The number of carbonyl (C=O) groups is 2. The third kappa shape index (κ3) is 7.60. The summed E-state index contributed by atoms with van der Waals surface area (Å²) >= 11 is 4.19. The maximum Gasteiger partial charge on any atom is 0.251 e.